The van der Waals surface area contributed by atoms with Crippen LogP contribution >= 0.6 is 0 Å². The number of rotatable bonds is 7. The first-order chi connectivity index (χ1) is 12.2. The second-order valence-electron chi connectivity index (χ2n) is 6.98. The maximum atomic E-state index is 12.1. The lowest BCUT2D eigenvalue weighted by Gasteiger charge is -2.32. The fourth-order valence-corrected chi connectivity index (χ4v) is 3.40. The lowest BCUT2D eigenvalue weighted by molar-refractivity contribution is -0.120. The summed E-state index contributed by atoms with van der Waals surface area (Å²) in [5.41, 5.74) is 0. The van der Waals surface area contributed by atoms with Crippen molar-refractivity contribution < 1.29 is 9.53 Å². The van der Waals surface area contributed by atoms with Crippen LogP contribution in [0.15, 0.2) is 4.99 Å². The van der Waals surface area contributed by atoms with Gasteiger partial charge >= 0.3 is 0 Å². The van der Waals surface area contributed by atoms with Crippen LogP contribution in [0.3, 0.4) is 0 Å². The quantitative estimate of drug-likeness (QED) is 0.464. The van der Waals surface area contributed by atoms with Gasteiger partial charge in [-0.15, -0.1) is 0 Å². The van der Waals surface area contributed by atoms with Crippen molar-refractivity contribution in [3.8, 4) is 0 Å². The molecule has 0 aromatic rings. The number of morpholine rings is 1. The number of ether oxygens (including phenoxy) is 1. The van der Waals surface area contributed by atoms with Gasteiger partial charge in [-0.25, -0.2) is 4.99 Å². The van der Waals surface area contributed by atoms with Gasteiger partial charge in [0, 0.05) is 38.3 Å². The molecule has 1 atom stereocenters. The van der Waals surface area contributed by atoms with Gasteiger partial charge in [-0.05, 0) is 26.7 Å². The molecule has 1 aliphatic carbocycles. The van der Waals surface area contributed by atoms with Crippen LogP contribution in [0, 0.1) is 0 Å². The molecule has 0 spiro atoms. The Hall–Kier alpha value is -1.34. The number of nitrogens with one attached hydrogen (secondary N) is 3. The Morgan fingerprint density at radius 1 is 1.20 bits per heavy atom. The first-order valence-electron chi connectivity index (χ1n) is 9.82. The number of carbonyl (C=O) groups excluding carboxylic acids is 1. The number of aliphatic imine (C=N–C) groups is 1. The fourth-order valence-electron chi connectivity index (χ4n) is 3.40. The Morgan fingerprint density at radius 3 is 2.60 bits per heavy atom. The molecule has 0 bridgehead atoms. The fraction of sp³-hybridized carbons (Fsp3) is 0.889. The highest BCUT2D eigenvalue weighted by molar-refractivity contribution is 5.85. The second kappa shape index (κ2) is 11.3. The molecule has 25 heavy (non-hydrogen) atoms. The Morgan fingerprint density at radius 2 is 1.92 bits per heavy atom. The molecule has 1 heterocycles. The summed E-state index contributed by atoms with van der Waals surface area (Å²) in [5, 5.41) is 9.68. The van der Waals surface area contributed by atoms with Crippen LogP contribution in [0.1, 0.15) is 46.0 Å². The minimum atomic E-state index is 0.0188. The highest BCUT2D eigenvalue weighted by Gasteiger charge is 2.18. The van der Waals surface area contributed by atoms with Crippen LogP contribution in [-0.4, -0.2) is 74.8 Å². The third-order valence-corrected chi connectivity index (χ3v) is 4.93. The SMILES string of the molecule is CCNC(=NCC(=O)NC1CCCCC1)NCC(C)N1CCOCC1. The molecule has 1 saturated heterocycles. The van der Waals surface area contributed by atoms with E-state index in [4.69, 9.17) is 4.74 Å². The molecule has 1 amide bonds. The van der Waals surface area contributed by atoms with Crippen LogP contribution in [0.2, 0.25) is 0 Å². The van der Waals surface area contributed by atoms with E-state index >= 15 is 0 Å². The second-order valence-corrected chi connectivity index (χ2v) is 6.98. The van der Waals surface area contributed by atoms with Crippen molar-refractivity contribution in [1.82, 2.24) is 20.9 Å². The van der Waals surface area contributed by atoms with Crippen molar-refractivity contribution >= 4 is 11.9 Å². The third-order valence-electron chi connectivity index (χ3n) is 4.93. The summed E-state index contributed by atoms with van der Waals surface area (Å²) in [7, 11) is 0. The van der Waals surface area contributed by atoms with Gasteiger partial charge in [0.05, 0.1) is 13.2 Å². The lowest BCUT2D eigenvalue weighted by Crippen LogP contribution is -2.49. The van der Waals surface area contributed by atoms with E-state index in [0.717, 1.165) is 52.2 Å². The van der Waals surface area contributed by atoms with Crippen LogP contribution in [-0.2, 0) is 9.53 Å². The number of amides is 1. The summed E-state index contributed by atoms with van der Waals surface area (Å²) in [4.78, 5) is 19.0. The molecule has 2 rings (SSSR count). The molecular weight excluding hydrogens is 318 g/mol. The Bertz CT molecular complexity index is 418. The van der Waals surface area contributed by atoms with Gasteiger partial charge in [-0.2, -0.15) is 0 Å². The van der Waals surface area contributed by atoms with Gasteiger partial charge in [-0.1, -0.05) is 19.3 Å². The van der Waals surface area contributed by atoms with E-state index in [1.165, 1.54) is 19.3 Å². The van der Waals surface area contributed by atoms with Crippen molar-refractivity contribution in [3.63, 3.8) is 0 Å². The molecular formula is C18H35N5O2. The molecule has 7 heteroatoms. The average molecular weight is 354 g/mol. The van der Waals surface area contributed by atoms with Crippen LogP contribution in [0.4, 0.5) is 0 Å². The maximum absolute atomic E-state index is 12.1. The normalized spacial score (nSPS) is 21.6. The van der Waals surface area contributed by atoms with E-state index in [-0.39, 0.29) is 12.5 Å². The summed E-state index contributed by atoms with van der Waals surface area (Å²) in [5.74, 6) is 0.728. The number of nitrogens with zero attached hydrogens (tertiary/aromatic N) is 2. The Balaban J connectivity index is 1.73. The van der Waals surface area contributed by atoms with E-state index in [1.807, 2.05) is 6.92 Å². The minimum Gasteiger partial charge on any atom is -0.379 e. The molecule has 2 aliphatic rings. The van der Waals surface area contributed by atoms with Crippen molar-refractivity contribution in [1.29, 1.82) is 0 Å². The van der Waals surface area contributed by atoms with E-state index in [2.05, 4.69) is 32.8 Å². The highest BCUT2D eigenvalue weighted by Crippen LogP contribution is 2.17. The number of carbonyl (C=O) groups is 1. The van der Waals surface area contributed by atoms with Crippen molar-refractivity contribution in [2.45, 2.75) is 58.0 Å². The van der Waals surface area contributed by atoms with Gasteiger partial charge in [0.2, 0.25) is 5.91 Å². The summed E-state index contributed by atoms with van der Waals surface area (Å²) in [6.45, 7) is 9.55. The first-order valence-corrected chi connectivity index (χ1v) is 9.82. The zero-order valence-electron chi connectivity index (χ0n) is 15.9. The predicted octanol–water partition coefficient (Wildman–Crippen LogP) is 0.711. The van der Waals surface area contributed by atoms with E-state index in [0.29, 0.717) is 18.0 Å². The summed E-state index contributed by atoms with van der Waals surface area (Å²) in [6, 6.07) is 0.747. The summed E-state index contributed by atoms with van der Waals surface area (Å²) >= 11 is 0. The molecule has 1 saturated carbocycles. The summed E-state index contributed by atoms with van der Waals surface area (Å²) in [6.07, 6.45) is 5.94. The van der Waals surface area contributed by atoms with Gasteiger partial charge in [-0.3, -0.25) is 9.69 Å². The standard InChI is InChI=1S/C18H35N5O2/c1-3-19-18(20-13-15(2)23-9-11-25-12-10-23)21-14-17(24)22-16-7-5-4-6-8-16/h15-16H,3-14H2,1-2H3,(H,22,24)(H2,19,20,21). The van der Waals surface area contributed by atoms with Crippen LogP contribution < -0.4 is 16.0 Å². The number of guanidine groups is 1. The van der Waals surface area contributed by atoms with Gasteiger partial charge in [0.25, 0.3) is 0 Å². The molecule has 1 unspecified atom stereocenters. The third kappa shape index (κ3) is 7.61. The van der Waals surface area contributed by atoms with Gasteiger partial charge in [0.15, 0.2) is 5.96 Å². The van der Waals surface area contributed by atoms with Gasteiger partial charge < -0.3 is 20.7 Å². The van der Waals surface area contributed by atoms with Crippen molar-refractivity contribution in [2.24, 2.45) is 4.99 Å². The zero-order chi connectivity index (χ0) is 17.9. The number of hydrogen-bond donors (Lipinski definition) is 3. The molecule has 2 fully saturated rings. The van der Waals surface area contributed by atoms with E-state index in [1.54, 1.807) is 0 Å². The lowest BCUT2D eigenvalue weighted by atomic mass is 9.95. The molecule has 3 N–H and O–H groups in total. The topological polar surface area (TPSA) is 78.0 Å². The Kier molecular flexibility index (Phi) is 9.04. The van der Waals surface area contributed by atoms with Crippen LogP contribution in [0.25, 0.3) is 0 Å². The maximum Gasteiger partial charge on any atom is 0.242 e. The molecule has 144 valence electrons. The van der Waals surface area contributed by atoms with Gasteiger partial charge in [0.1, 0.15) is 6.54 Å². The van der Waals surface area contributed by atoms with Crippen LogP contribution in [0.5, 0.6) is 0 Å². The predicted molar refractivity (Wildman–Crippen MR) is 101 cm³/mol. The largest absolute Gasteiger partial charge is 0.379 e. The van der Waals surface area contributed by atoms with E-state index < -0.39 is 0 Å². The average Bonchev–Trinajstić information content (AvgIpc) is 2.65. The molecule has 0 radical (unpaired) electrons. The molecule has 0 aromatic carbocycles. The summed E-state index contributed by atoms with van der Waals surface area (Å²) < 4.78 is 5.40. The van der Waals surface area contributed by atoms with Crippen molar-refractivity contribution in [2.75, 3.05) is 45.9 Å². The monoisotopic (exact) mass is 353 g/mol. The molecule has 1 aliphatic heterocycles. The zero-order valence-corrected chi connectivity index (χ0v) is 15.9. The molecule has 0 aromatic heterocycles. The van der Waals surface area contributed by atoms with Crippen molar-refractivity contribution in [3.05, 3.63) is 0 Å². The Labute approximate surface area is 152 Å². The first kappa shape index (κ1) is 20.0. The van der Waals surface area contributed by atoms with E-state index in [9.17, 15) is 4.79 Å². The smallest absolute Gasteiger partial charge is 0.242 e. The molecule has 7 nitrogen and oxygen atoms in total. The number of hydrogen-bond acceptors (Lipinski definition) is 4. The minimum absolute atomic E-state index is 0.0188. The highest BCUT2D eigenvalue weighted by atomic mass is 16.5.